The van der Waals surface area contributed by atoms with Crippen LogP contribution < -0.4 is 10.6 Å². The third-order valence-corrected chi connectivity index (χ3v) is 8.61. The molecule has 0 bridgehead atoms. The number of nitrogens with one attached hydrogen (secondary N) is 1. The monoisotopic (exact) mass is 594 g/mol. The number of hydrogen-bond donors (Lipinski definition) is 1. The Bertz CT molecular complexity index is 1660. The Kier molecular flexibility index (Phi) is 8.21. The van der Waals surface area contributed by atoms with Crippen molar-refractivity contribution in [2.24, 2.45) is 5.92 Å². The second-order valence-electron chi connectivity index (χ2n) is 11.3. The maximum atomic E-state index is 13.6. The lowest BCUT2D eigenvalue weighted by atomic mass is 9.77. The van der Waals surface area contributed by atoms with Crippen LogP contribution in [0.4, 0.5) is 24.8 Å². The molecule has 1 unspecified atom stereocenters. The van der Waals surface area contributed by atoms with E-state index in [4.69, 9.17) is 4.74 Å². The number of rotatable bonds is 8. The van der Waals surface area contributed by atoms with Crippen LogP contribution in [0, 0.1) is 17.2 Å². The zero-order chi connectivity index (χ0) is 31.1. The maximum absolute atomic E-state index is 13.6. The number of nitriles is 1. The third kappa shape index (κ3) is 5.57. The number of H-pyrrole nitrogens is 1. The number of halogens is 3. The molecule has 1 aliphatic carbocycles. The van der Waals surface area contributed by atoms with Gasteiger partial charge in [0.1, 0.15) is 6.04 Å². The van der Waals surface area contributed by atoms with Crippen molar-refractivity contribution in [2.75, 3.05) is 26.1 Å². The highest BCUT2D eigenvalue weighted by Crippen LogP contribution is 2.44. The van der Waals surface area contributed by atoms with E-state index >= 15 is 0 Å². The summed E-state index contributed by atoms with van der Waals surface area (Å²) in [6.07, 6.45) is 0.283. The molecule has 9 nitrogen and oxygen atoms in total. The van der Waals surface area contributed by atoms with E-state index < -0.39 is 29.4 Å². The first-order valence-corrected chi connectivity index (χ1v) is 14.1. The first-order valence-electron chi connectivity index (χ1n) is 14.1. The van der Waals surface area contributed by atoms with Crippen LogP contribution in [0.15, 0.2) is 58.5 Å². The van der Waals surface area contributed by atoms with Crippen molar-refractivity contribution >= 4 is 17.6 Å². The van der Waals surface area contributed by atoms with E-state index in [1.165, 1.54) is 35.1 Å². The van der Waals surface area contributed by atoms with Gasteiger partial charge in [-0.1, -0.05) is 18.6 Å². The van der Waals surface area contributed by atoms with E-state index in [-0.39, 0.29) is 22.9 Å². The van der Waals surface area contributed by atoms with E-state index in [1.807, 2.05) is 0 Å². The summed E-state index contributed by atoms with van der Waals surface area (Å²) < 4.78 is 47.3. The number of esters is 1. The quantitative estimate of drug-likeness (QED) is 0.352. The predicted octanol–water partition coefficient (Wildman–Crippen LogP) is 5.31. The number of allylic oxidation sites excluding steroid dienone is 1. The fraction of sp³-hybridized carbons (Fsp3) is 0.419. The summed E-state index contributed by atoms with van der Waals surface area (Å²) in [5.41, 5.74) is 0.701. The van der Waals surface area contributed by atoms with E-state index in [0.717, 1.165) is 37.0 Å². The molecule has 2 heterocycles. The summed E-state index contributed by atoms with van der Waals surface area (Å²) in [5.74, 6) is -0.145. The minimum Gasteiger partial charge on any atom is -0.466 e. The Hall–Kier alpha value is -4.37. The molecule has 0 amide bonds. The van der Waals surface area contributed by atoms with Gasteiger partial charge in [-0.2, -0.15) is 18.4 Å². The Morgan fingerprint density at radius 2 is 1.98 bits per heavy atom. The van der Waals surface area contributed by atoms with Crippen LogP contribution in [0.2, 0.25) is 0 Å². The normalized spacial score (nSPS) is 17.8. The summed E-state index contributed by atoms with van der Waals surface area (Å²) in [5, 5.41) is 16.3. The van der Waals surface area contributed by atoms with Gasteiger partial charge in [-0.25, -0.2) is 19.3 Å². The van der Waals surface area contributed by atoms with Gasteiger partial charge in [0.15, 0.2) is 0 Å². The van der Waals surface area contributed by atoms with Gasteiger partial charge in [-0.05, 0) is 94.1 Å². The number of alkyl halides is 3. The summed E-state index contributed by atoms with van der Waals surface area (Å²) in [7, 11) is 5.32. The molecule has 12 heteroatoms. The molecule has 5 rings (SSSR count). The number of carbonyl (C=O) groups is 1. The lowest BCUT2D eigenvalue weighted by Gasteiger charge is -2.38. The minimum atomic E-state index is -4.61. The molecule has 1 aromatic heterocycles. The van der Waals surface area contributed by atoms with Gasteiger partial charge in [0.05, 0.1) is 29.9 Å². The van der Waals surface area contributed by atoms with Crippen molar-refractivity contribution in [3.63, 3.8) is 0 Å². The number of methoxy groups -OCH3 is 1. The molecule has 0 saturated heterocycles. The summed E-state index contributed by atoms with van der Waals surface area (Å²) in [6, 6.07) is 11.2. The number of aryl methyl sites for hydroxylation is 1. The Labute approximate surface area is 247 Å². The van der Waals surface area contributed by atoms with Crippen LogP contribution in [0.5, 0.6) is 0 Å². The van der Waals surface area contributed by atoms with Crippen LogP contribution in [-0.4, -0.2) is 52.9 Å². The maximum Gasteiger partial charge on any atom is 0.416 e. The highest BCUT2D eigenvalue weighted by Gasteiger charge is 2.41. The molecule has 2 aromatic carbocycles. The Balaban J connectivity index is 1.68. The molecule has 1 N–H and O–H groups in total. The van der Waals surface area contributed by atoms with Gasteiger partial charge < -0.3 is 9.64 Å². The molecule has 2 atom stereocenters. The van der Waals surface area contributed by atoms with Gasteiger partial charge >= 0.3 is 17.8 Å². The number of anilines is 2. The molecular formula is C31H33F3N6O3. The number of aromatic amines is 1. The number of hydrogen-bond acceptors (Lipinski definition) is 7. The highest BCUT2D eigenvalue weighted by atomic mass is 19.4. The minimum absolute atomic E-state index is 0.0235. The van der Waals surface area contributed by atoms with Crippen molar-refractivity contribution in [1.29, 1.82) is 5.26 Å². The third-order valence-electron chi connectivity index (χ3n) is 8.61. The second-order valence-corrected chi connectivity index (χ2v) is 11.3. The first kappa shape index (κ1) is 30.1. The molecule has 1 aliphatic heterocycles. The Morgan fingerprint density at radius 1 is 1.23 bits per heavy atom. The first-order chi connectivity index (χ1) is 20.5. The number of aromatic nitrogens is 3. The van der Waals surface area contributed by atoms with Crippen molar-refractivity contribution in [3.05, 3.63) is 86.5 Å². The van der Waals surface area contributed by atoms with Crippen molar-refractivity contribution in [2.45, 2.75) is 57.3 Å². The van der Waals surface area contributed by atoms with E-state index in [2.05, 4.69) is 35.3 Å². The summed E-state index contributed by atoms with van der Waals surface area (Å²) in [6.45, 7) is 1.59. The highest BCUT2D eigenvalue weighted by molar-refractivity contribution is 5.93. The number of carbonyl (C=O) groups excluding carboxylic acids is 1. The summed E-state index contributed by atoms with van der Waals surface area (Å²) in [4.78, 5) is 30.3. The zero-order valence-electron chi connectivity index (χ0n) is 24.4. The number of fused-ring (bicyclic) bond motifs is 1. The SMILES string of the molecule is COC(=O)C1=C(C)N(c2cccc(C(F)(F)F)c2)c2n[nH]c(=O)n2[C@@H]1c1ccc(C#N)cc1CCC(C1CCC1)N(C)C. The van der Waals surface area contributed by atoms with Crippen LogP contribution in [-0.2, 0) is 22.1 Å². The smallest absolute Gasteiger partial charge is 0.416 e. The fourth-order valence-corrected chi connectivity index (χ4v) is 6.28. The van der Waals surface area contributed by atoms with E-state index in [1.54, 1.807) is 25.1 Å². The lowest BCUT2D eigenvalue weighted by molar-refractivity contribution is -0.138. The number of ether oxygens (including phenoxy) is 1. The standard InChI is InChI=1S/C31H33F3N6O3/c1-18-26(28(41)43-4)27(24-13-11-19(17-35)15-21(24)12-14-25(38(2)3)20-7-5-8-20)40-29(36-37-30(40)42)39(18)23-10-6-9-22(16-23)31(32,33)34/h6,9-11,13,15-16,20,25,27H,5,7-8,12,14H2,1-4H3,(H,37,42)/t25?,27-/m1/s1. The predicted molar refractivity (Wildman–Crippen MR) is 154 cm³/mol. The Morgan fingerprint density at radius 3 is 2.58 bits per heavy atom. The van der Waals surface area contributed by atoms with Gasteiger partial charge in [0, 0.05) is 17.4 Å². The molecule has 0 spiro atoms. The lowest BCUT2D eigenvalue weighted by Crippen LogP contribution is -2.39. The molecule has 2 aliphatic rings. The zero-order valence-corrected chi connectivity index (χ0v) is 24.4. The fourth-order valence-electron chi connectivity index (χ4n) is 6.28. The summed E-state index contributed by atoms with van der Waals surface area (Å²) >= 11 is 0. The van der Waals surface area contributed by atoms with Crippen molar-refractivity contribution < 1.29 is 22.7 Å². The average Bonchev–Trinajstić information content (AvgIpc) is 3.33. The van der Waals surface area contributed by atoms with Gasteiger partial charge in [-0.3, -0.25) is 4.90 Å². The largest absolute Gasteiger partial charge is 0.466 e. The van der Waals surface area contributed by atoms with Crippen LogP contribution >= 0.6 is 0 Å². The topological polar surface area (TPSA) is 107 Å². The van der Waals surface area contributed by atoms with Gasteiger partial charge in [-0.15, -0.1) is 5.10 Å². The number of benzene rings is 2. The van der Waals surface area contributed by atoms with Crippen molar-refractivity contribution in [1.82, 2.24) is 19.7 Å². The molecule has 0 radical (unpaired) electrons. The average molecular weight is 595 g/mol. The molecule has 1 saturated carbocycles. The van der Waals surface area contributed by atoms with E-state index in [9.17, 15) is 28.0 Å². The van der Waals surface area contributed by atoms with Gasteiger partial charge in [0.2, 0.25) is 5.95 Å². The van der Waals surface area contributed by atoms with Crippen molar-refractivity contribution in [3.8, 4) is 6.07 Å². The van der Waals surface area contributed by atoms with Gasteiger partial charge in [0.25, 0.3) is 0 Å². The van der Waals surface area contributed by atoms with Crippen LogP contribution in [0.1, 0.15) is 60.9 Å². The molecule has 3 aromatic rings. The number of nitrogens with zero attached hydrogens (tertiary/aromatic N) is 5. The molecule has 43 heavy (non-hydrogen) atoms. The van der Waals surface area contributed by atoms with Crippen LogP contribution in [0.25, 0.3) is 0 Å². The second kappa shape index (κ2) is 11.7. The van der Waals surface area contributed by atoms with Crippen LogP contribution in [0.3, 0.4) is 0 Å². The molecular weight excluding hydrogens is 561 g/mol. The van der Waals surface area contributed by atoms with E-state index in [0.29, 0.717) is 29.5 Å². The molecule has 226 valence electrons. The molecule has 1 fully saturated rings.